The van der Waals surface area contributed by atoms with Crippen molar-refractivity contribution in [3.63, 3.8) is 0 Å². The maximum absolute atomic E-state index is 15.1. The van der Waals surface area contributed by atoms with Gasteiger partial charge in [-0.2, -0.15) is 26.3 Å². The van der Waals surface area contributed by atoms with Crippen molar-refractivity contribution in [3.8, 4) is 0 Å². The van der Waals surface area contributed by atoms with Gasteiger partial charge in [-0.05, 0) is 93.2 Å². The van der Waals surface area contributed by atoms with Gasteiger partial charge in [-0.15, -0.1) is 0 Å². The van der Waals surface area contributed by atoms with Gasteiger partial charge in [0.05, 0.1) is 10.9 Å². The summed E-state index contributed by atoms with van der Waals surface area (Å²) < 4.78 is 138. The number of nitrogens with zero attached hydrogens (tertiary/aromatic N) is 1. The van der Waals surface area contributed by atoms with Crippen molar-refractivity contribution in [2.45, 2.75) is 91.5 Å². The van der Waals surface area contributed by atoms with Crippen molar-refractivity contribution in [2.24, 2.45) is 16.6 Å². The monoisotopic (exact) mass is 678 g/mol. The van der Waals surface area contributed by atoms with E-state index in [-0.39, 0.29) is 47.7 Å². The Morgan fingerprint density at radius 3 is 1.87 bits per heavy atom. The van der Waals surface area contributed by atoms with E-state index in [1.165, 1.54) is 4.90 Å². The highest BCUT2D eigenvalue weighted by atomic mass is 32.2. The van der Waals surface area contributed by atoms with Crippen LogP contribution >= 0.6 is 0 Å². The lowest BCUT2D eigenvalue weighted by Gasteiger charge is -2.53. The summed E-state index contributed by atoms with van der Waals surface area (Å²) in [4.78, 5) is 27.6. The molecule has 7 rings (SSSR count). The van der Waals surface area contributed by atoms with Gasteiger partial charge in [0.15, 0.2) is 9.84 Å². The van der Waals surface area contributed by atoms with Gasteiger partial charge in [-0.25, -0.2) is 17.2 Å². The molecule has 1 saturated heterocycles. The van der Waals surface area contributed by atoms with Gasteiger partial charge in [0.2, 0.25) is 11.8 Å². The predicted molar refractivity (Wildman–Crippen MR) is 147 cm³/mol. The van der Waals surface area contributed by atoms with Crippen LogP contribution in [0.15, 0.2) is 47.4 Å². The molecule has 15 heteroatoms. The van der Waals surface area contributed by atoms with Gasteiger partial charge in [0.1, 0.15) is 10.6 Å². The SMILES string of the molecule is NC(=O)C12CCC(C(=O)N3CC[C@@]4(S(=O)(=O)c5ccc(F)cc5)c5ccc(C(F)(C(F)(F)F)C(F)(F)F)cc5CC[C@@H]34)(CC1)CC2. The van der Waals surface area contributed by atoms with Crippen LogP contribution in [-0.4, -0.2) is 50.1 Å². The first-order valence-corrected chi connectivity index (χ1v) is 16.3. The highest BCUT2D eigenvalue weighted by Gasteiger charge is 2.74. The van der Waals surface area contributed by atoms with E-state index < -0.39 is 66.8 Å². The van der Waals surface area contributed by atoms with Crippen LogP contribution in [0, 0.1) is 16.6 Å². The molecule has 2 amide bonds. The highest BCUT2D eigenvalue weighted by molar-refractivity contribution is 7.92. The van der Waals surface area contributed by atoms with Crippen molar-refractivity contribution < 1.29 is 53.1 Å². The number of carbonyl (C=O) groups excluding carboxylic acids is 2. The molecule has 4 aliphatic carbocycles. The number of likely N-dealkylation sites (tertiary alicyclic amines) is 1. The Kier molecular flexibility index (Phi) is 7.20. The van der Waals surface area contributed by atoms with E-state index in [1.807, 2.05) is 0 Å². The van der Waals surface area contributed by atoms with Crippen molar-refractivity contribution in [1.82, 2.24) is 4.90 Å². The van der Waals surface area contributed by atoms with Gasteiger partial charge < -0.3 is 10.6 Å². The van der Waals surface area contributed by atoms with Crippen LogP contribution < -0.4 is 5.73 Å². The number of halogens is 8. The number of hydrogen-bond acceptors (Lipinski definition) is 4. The molecule has 2 N–H and O–H groups in total. The second-order valence-corrected chi connectivity index (χ2v) is 15.3. The maximum Gasteiger partial charge on any atom is 0.435 e. The lowest BCUT2D eigenvalue weighted by molar-refractivity contribution is -0.348. The minimum Gasteiger partial charge on any atom is -0.369 e. The van der Waals surface area contributed by atoms with Gasteiger partial charge in [-0.3, -0.25) is 9.59 Å². The van der Waals surface area contributed by atoms with E-state index in [0.29, 0.717) is 50.7 Å². The number of rotatable bonds is 5. The Hall–Kier alpha value is -3.23. The summed E-state index contributed by atoms with van der Waals surface area (Å²) in [6.45, 7) is -0.0913. The molecular formula is C31H30F8N2O4S. The molecule has 2 aromatic carbocycles. The molecule has 5 aliphatic rings. The quantitative estimate of drug-likeness (QED) is 0.303. The third-order valence-electron chi connectivity index (χ3n) is 11.2. The van der Waals surface area contributed by atoms with E-state index >= 15 is 4.39 Å². The number of fused-ring (bicyclic) bond motifs is 6. The van der Waals surface area contributed by atoms with Crippen LogP contribution in [0.4, 0.5) is 35.1 Å². The number of aryl methyl sites for hydroxylation is 1. The highest BCUT2D eigenvalue weighted by Crippen LogP contribution is 2.60. The molecule has 0 radical (unpaired) electrons. The first kappa shape index (κ1) is 32.7. The number of primary amides is 1. The first-order chi connectivity index (χ1) is 21.3. The Morgan fingerprint density at radius 2 is 1.35 bits per heavy atom. The van der Waals surface area contributed by atoms with Crippen LogP contribution in [0.25, 0.3) is 0 Å². The summed E-state index contributed by atoms with van der Waals surface area (Å²) in [6, 6.07) is 4.26. The Balaban J connectivity index is 1.47. The molecule has 6 nitrogen and oxygen atoms in total. The van der Waals surface area contributed by atoms with Gasteiger partial charge in [-0.1, -0.05) is 18.2 Å². The zero-order chi connectivity index (χ0) is 33.7. The standard InChI is InChI=1S/C31H30F8N2O4S/c32-20-3-5-21(6-4-20)46(44,45)28-15-16-41(25(43)27-12-9-26(10-13-27,11-14-27)24(40)42)23(28)8-1-18-17-19(2-7-22(18)28)29(33,30(34,35)36)31(37,38)39/h2-7,17,23H,1,8-16H2,(H2,40,42)/t23-,26?,27?,28-/m1/s1. The molecular weight excluding hydrogens is 648 g/mol. The third kappa shape index (κ3) is 4.28. The normalized spacial score (nSPS) is 29.7. The largest absolute Gasteiger partial charge is 0.435 e. The molecule has 4 fully saturated rings. The summed E-state index contributed by atoms with van der Waals surface area (Å²) in [5.74, 6) is -1.51. The zero-order valence-electron chi connectivity index (χ0n) is 24.3. The Bertz CT molecular complexity index is 1670. The Morgan fingerprint density at radius 1 is 0.804 bits per heavy atom. The van der Waals surface area contributed by atoms with Crippen molar-refractivity contribution >= 4 is 21.7 Å². The number of sulfone groups is 1. The average Bonchev–Trinajstić information content (AvgIpc) is 3.41. The van der Waals surface area contributed by atoms with Crippen LogP contribution in [0.5, 0.6) is 0 Å². The smallest absolute Gasteiger partial charge is 0.369 e. The van der Waals surface area contributed by atoms with Crippen LogP contribution in [0.3, 0.4) is 0 Å². The van der Waals surface area contributed by atoms with E-state index in [1.54, 1.807) is 0 Å². The second kappa shape index (κ2) is 10.1. The minimum atomic E-state index is -6.36. The number of benzene rings is 2. The number of amides is 2. The molecule has 0 unspecified atom stereocenters. The number of nitrogens with two attached hydrogens (primary N) is 1. The van der Waals surface area contributed by atoms with E-state index in [9.17, 15) is 48.7 Å². The summed E-state index contributed by atoms with van der Waals surface area (Å²) in [5.41, 5.74) is -3.73. The van der Waals surface area contributed by atoms with Crippen LogP contribution in [-0.2, 0) is 36.3 Å². The predicted octanol–water partition coefficient (Wildman–Crippen LogP) is 6.16. The fourth-order valence-electron chi connectivity index (χ4n) is 8.48. The molecule has 46 heavy (non-hydrogen) atoms. The fourth-order valence-corrected chi connectivity index (χ4v) is 10.8. The minimum absolute atomic E-state index is 0.0913. The molecule has 0 spiro atoms. The number of carbonyl (C=O) groups is 2. The zero-order valence-corrected chi connectivity index (χ0v) is 25.1. The number of alkyl halides is 7. The third-order valence-corrected chi connectivity index (χ3v) is 13.7. The molecule has 250 valence electrons. The summed E-state index contributed by atoms with van der Waals surface area (Å²) >= 11 is 0. The van der Waals surface area contributed by atoms with Crippen LogP contribution in [0.2, 0.25) is 0 Å². The van der Waals surface area contributed by atoms with E-state index in [4.69, 9.17) is 5.73 Å². The van der Waals surface area contributed by atoms with Crippen molar-refractivity contribution in [1.29, 1.82) is 0 Å². The maximum atomic E-state index is 15.1. The lowest BCUT2D eigenvalue weighted by atomic mass is 9.53. The van der Waals surface area contributed by atoms with Gasteiger partial charge >= 0.3 is 18.0 Å². The molecule has 1 heterocycles. The van der Waals surface area contributed by atoms with Crippen LogP contribution in [0.1, 0.15) is 68.1 Å². The van der Waals surface area contributed by atoms with Crippen molar-refractivity contribution in [3.05, 3.63) is 65.0 Å². The average molecular weight is 679 g/mol. The molecule has 2 bridgehead atoms. The second-order valence-electron chi connectivity index (χ2n) is 13.1. The van der Waals surface area contributed by atoms with E-state index in [0.717, 1.165) is 30.3 Å². The fraction of sp³-hybridized carbons (Fsp3) is 0.548. The number of hydrogen-bond donors (Lipinski definition) is 1. The first-order valence-electron chi connectivity index (χ1n) is 14.8. The molecule has 3 saturated carbocycles. The van der Waals surface area contributed by atoms with Gasteiger partial charge in [0.25, 0.3) is 0 Å². The Labute approximate surface area is 259 Å². The summed E-state index contributed by atoms with van der Waals surface area (Å²) in [7, 11) is -4.59. The van der Waals surface area contributed by atoms with Gasteiger partial charge in [0, 0.05) is 22.9 Å². The topological polar surface area (TPSA) is 97.5 Å². The molecule has 2 aromatic rings. The van der Waals surface area contributed by atoms with E-state index in [2.05, 4.69) is 0 Å². The molecule has 2 atom stereocenters. The summed E-state index contributed by atoms with van der Waals surface area (Å²) in [6.07, 6.45) is -11.1. The lowest BCUT2D eigenvalue weighted by Crippen LogP contribution is -2.58. The molecule has 1 aliphatic heterocycles. The summed E-state index contributed by atoms with van der Waals surface area (Å²) in [5, 5.41) is 0. The van der Waals surface area contributed by atoms with Crippen molar-refractivity contribution in [2.75, 3.05) is 6.54 Å². The molecule has 0 aromatic heterocycles.